The highest BCUT2D eigenvalue weighted by Crippen LogP contribution is 2.17. The van der Waals surface area contributed by atoms with Crippen LogP contribution in [0.5, 0.6) is 5.75 Å². The van der Waals surface area contributed by atoms with Crippen molar-refractivity contribution in [3.63, 3.8) is 0 Å². The number of benzene rings is 1. The molecule has 0 unspecified atom stereocenters. The van der Waals surface area contributed by atoms with Crippen LogP contribution in [0.25, 0.3) is 6.08 Å². The molecule has 0 amide bonds. The van der Waals surface area contributed by atoms with Crippen molar-refractivity contribution in [1.29, 1.82) is 0 Å². The van der Waals surface area contributed by atoms with Crippen LogP contribution in [0.3, 0.4) is 0 Å². The van der Waals surface area contributed by atoms with Crippen molar-refractivity contribution in [2.45, 2.75) is 0 Å². The molecule has 0 aromatic heterocycles. The van der Waals surface area contributed by atoms with E-state index in [0.717, 1.165) is 0 Å². The van der Waals surface area contributed by atoms with E-state index < -0.39 is 5.97 Å². The lowest BCUT2D eigenvalue weighted by Crippen LogP contribution is -2.09. The Bertz CT molecular complexity index is 358. The molecule has 0 saturated carbocycles. The van der Waals surface area contributed by atoms with E-state index >= 15 is 0 Å². The summed E-state index contributed by atoms with van der Waals surface area (Å²) in [7, 11) is 0. The van der Waals surface area contributed by atoms with Gasteiger partial charge in [-0.2, -0.15) is 0 Å². The van der Waals surface area contributed by atoms with E-state index in [4.69, 9.17) is 10.8 Å². The monoisotopic (exact) mass is 179 g/mol. The fraction of sp³-hybridized carbons (Fsp3) is 0. The van der Waals surface area contributed by atoms with Crippen molar-refractivity contribution in [3.8, 4) is 5.75 Å². The molecule has 4 N–H and O–H groups in total. The Morgan fingerprint density at radius 1 is 1.38 bits per heavy atom. The number of aromatic hydroxyl groups is 1. The number of nitrogens with two attached hydrogens (primary N) is 1. The predicted octanol–water partition coefficient (Wildman–Crippen LogP) is 0.776. The summed E-state index contributed by atoms with van der Waals surface area (Å²) in [6.07, 6.45) is 1.21. The molecule has 0 bridgehead atoms. The third kappa shape index (κ3) is 2.23. The van der Waals surface area contributed by atoms with Crippen LogP contribution < -0.4 is 5.73 Å². The third-order valence-corrected chi connectivity index (χ3v) is 1.49. The van der Waals surface area contributed by atoms with Crippen molar-refractivity contribution in [1.82, 2.24) is 0 Å². The van der Waals surface area contributed by atoms with Gasteiger partial charge >= 0.3 is 5.97 Å². The molecule has 0 aliphatic carbocycles. The number of para-hydroxylation sites is 1. The van der Waals surface area contributed by atoms with Gasteiger partial charge in [-0.05, 0) is 12.1 Å². The average molecular weight is 179 g/mol. The van der Waals surface area contributed by atoms with Gasteiger partial charge in [0.25, 0.3) is 0 Å². The van der Waals surface area contributed by atoms with E-state index in [1.54, 1.807) is 18.2 Å². The summed E-state index contributed by atoms with van der Waals surface area (Å²) < 4.78 is 0. The van der Waals surface area contributed by atoms with Crippen LogP contribution in [0, 0.1) is 0 Å². The zero-order valence-electron chi connectivity index (χ0n) is 6.77. The average Bonchev–Trinajstić information content (AvgIpc) is 2.08. The quantitative estimate of drug-likeness (QED) is 0.585. The minimum absolute atomic E-state index is 0.00620. The van der Waals surface area contributed by atoms with E-state index in [1.165, 1.54) is 12.1 Å². The van der Waals surface area contributed by atoms with Crippen LogP contribution in [0.1, 0.15) is 5.56 Å². The number of phenols is 1. The van der Waals surface area contributed by atoms with Gasteiger partial charge in [0, 0.05) is 5.56 Å². The van der Waals surface area contributed by atoms with Gasteiger partial charge in [0.15, 0.2) is 0 Å². The molecule has 4 heteroatoms. The van der Waals surface area contributed by atoms with Crippen LogP contribution in [0.4, 0.5) is 0 Å². The summed E-state index contributed by atoms with van der Waals surface area (Å²) in [4.78, 5) is 10.3. The molecule has 68 valence electrons. The molecule has 1 aromatic rings. The molecule has 0 aliphatic heterocycles. The molecule has 0 aliphatic rings. The summed E-state index contributed by atoms with van der Waals surface area (Å²) in [6, 6.07) is 6.36. The van der Waals surface area contributed by atoms with Crippen LogP contribution in [0.15, 0.2) is 30.0 Å². The van der Waals surface area contributed by atoms with Crippen molar-refractivity contribution in [2.24, 2.45) is 5.73 Å². The number of hydrogen-bond acceptors (Lipinski definition) is 3. The Morgan fingerprint density at radius 2 is 2.00 bits per heavy atom. The number of carboxylic acid groups (broad SMARTS) is 1. The molecule has 0 radical (unpaired) electrons. The maximum absolute atomic E-state index is 10.3. The van der Waals surface area contributed by atoms with Crippen molar-refractivity contribution >= 4 is 12.0 Å². The fourth-order valence-electron chi connectivity index (χ4n) is 0.839. The molecule has 0 heterocycles. The van der Waals surface area contributed by atoms with E-state index in [0.29, 0.717) is 5.56 Å². The highest BCUT2D eigenvalue weighted by Gasteiger charge is 2.02. The summed E-state index contributed by atoms with van der Waals surface area (Å²) in [5.74, 6) is -1.20. The van der Waals surface area contributed by atoms with E-state index in [1.807, 2.05) is 0 Å². The predicted molar refractivity (Wildman–Crippen MR) is 47.9 cm³/mol. The first-order valence-electron chi connectivity index (χ1n) is 3.59. The number of carbonyl (C=O) groups is 1. The summed E-state index contributed by atoms with van der Waals surface area (Å²) in [5.41, 5.74) is 5.25. The number of phenolic OH excluding ortho intramolecular Hbond substituents is 1. The Balaban J connectivity index is 3.04. The van der Waals surface area contributed by atoms with Gasteiger partial charge in [-0.3, -0.25) is 0 Å². The second-order valence-electron chi connectivity index (χ2n) is 2.46. The summed E-state index contributed by atoms with van der Waals surface area (Å²) in [6.45, 7) is 0. The number of carboxylic acids is 1. The molecule has 1 rings (SSSR count). The molecule has 1 aromatic carbocycles. The Labute approximate surface area is 74.9 Å². The van der Waals surface area contributed by atoms with Crippen molar-refractivity contribution in [3.05, 3.63) is 35.5 Å². The van der Waals surface area contributed by atoms with Gasteiger partial charge in [0.2, 0.25) is 0 Å². The minimum atomic E-state index is -1.21. The number of hydrogen-bond donors (Lipinski definition) is 3. The normalized spacial score (nSPS) is 11.2. The highest BCUT2D eigenvalue weighted by molar-refractivity contribution is 5.91. The van der Waals surface area contributed by atoms with Gasteiger partial charge in [-0.25, -0.2) is 4.79 Å². The second-order valence-corrected chi connectivity index (χ2v) is 2.46. The molecule has 0 fully saturated rings. The van der Waals surface area contributed by atoms with E-state index in [2.05, 4.69) is 0 Å². The zero-order valence-corrected chi connectivity index (χ0v) is 6.77. The first kappa shape index (κ1) is 9.12. The first-order chi connectivity index (χ1) is 6.11. The molecule has 0 spiro atoms. The van der Waals surface area contributed by atoms with Gasteiger partial charge in [-0.15, -0.1) is 0 Å². The topological polar surface area (TPSA) is 83.5 Å². The van der Waals surface area contributed by atoms with Gasteiger partial charge in [0.05, 0.1) is 0 Å². The SMILES string of the molecule is N/C(=C/c1ccccc1O)C(=O)O. The second kappa shape index (κ2) is 3.62. The number of aliphatic carboxylic acids is 1. The van der Waals surface area contributed by atoms with Gasteiger partial charge in [0.1, 0.15) is 11.4 Å². The van der Waals surface area contributed by atoms with Crippen LogP contribution in [-0.4, -0.2) is 16.2 Å². The molecule has 4 nitrogen and oxygen atoms in total. The molecule has 0 saturated heterocycles. The van der Waals surface area contributed by atoms with Crippen LogP contribution in [-0.2, 0) is 4.79 Å². The van der Waals surface area contributed by atoms with Crippen LogP contribution >= 0.6 is 0 Å². The van der Waals surface area contributed by atoms with Gasteiger partial charge < -0.3 is 15.9 Å². The summed E-state index contributed by atoms with van der Waals surface area (Å²) in [5, 5.41) is 17.7. The lowest BCUT2D eigenvalue weighted by molar-refractivity contribution is -0.132. The summed E-state index contributed by atoms with van der Waals surface area (Å²) >= 11 is 0. The lowest BCUT2D eigenvalue weighted by Gasteiger charge is -1.98. The Morgan fingerprint density at radius 3 is 2.54 bits per heavy atom. The highest BCUT2D eigenvalue weighted by atomic mass is 16.4. The minimum Gasteiger partial charge on any atom is -0.507 e. The maximum Gasteiger partial charge on any atom is 0.351 e. The fourth-order valence-corrected chi connectivity index (χ4v) is 0.839. The molecular formula is C9H9NO3. The van der Waals surface area contributed by atoms with E-state index in [9.17, 15) is 9.90 Å². The van der Waals surface area contributed by atoms with Crippen LogP contribution in [0.2, 0.25) is 0 Å². The Kier molecular flexibility index (Phi) is 2.54. The van der Waals surface area contributed by atoms with Gasteiger partial charge in [-0.1, -0.05) is 18.2 Å². The van der Waals surface area contributed by atoms with Crippen molar-refractivity contribution in [2.75, 3.05) is 0 Å². The standard InChI is InChI=1S/C9H9NO3/c10-7(9(12)13)5-6-3-1-2-4-8(6)11/h1-5,11H,10H2,(H,12,13)/b7-5+. The smallest absolute Gasteiger partial charge is 0.351 e. The largest absolute Gasteiger partial charge is 0.507 e. The van der Waals surface area contributed by atoms with E-state index in [-0.39, 0.29) is 11.4 Å². The molecular weight excluding hydrogens is 170 g/mol. The number of rotatable bonds is 2. The molecule has 13 heavy (non-hydrogen) atoms. The molecule has 0 atom stereocenters. The first-order valence-corrected chi connectivity index (χ1v) is 3.59. The third-order valence-electron chi connectivity index (χ3n) is 1.49. The Hall–Kier alpha value is -1.97. The maximum atomic E-state index is 10.3. The van der Waals surface area contributed by atoms with Crippen molar-refractivity contribution < 1.29 is 15.0 Å². The zero-order chi connectivity index (χ0) is 9.84. The lowest BCUT2D eigenvalue weighted by atomic mass is 10.2.